The Morgan fingerprint density at radius 2 is 2.07 bits per heavy atom. The number of amides is 1. The molecule has 2 aromatic rings. The quantitative estimate of drug-likeness (QED) is 0.875. The van der Waals surface area contributed by atoms with Gasteiger partial charge in [-0.15, -0.1) is 11.8 Å². The van der Waals surface area contributed by atoms with E-state index in [-0.39, 0.29) is 28.9 Å². The summed E-state index contributed by atoms with van der Waals surface area (Å²) in [4.78, 5) is 25.5. The summed E-state index contributed by atoms with van der Waals surface area (Å²) in [7, 11) is 1.78. The van der Waals surface area contributed by atoms with E-state index in [0.717, 1.165) is 22.4 Å². The lowest BCUT2D eigenvalue weighted by molar-refractivity contribution is -0.136. The largest absolute Gasteiger partial charge is 0.480 e. The number of thioether (sulfide) groups is 1. The van der Waals surface area contributed by atoms with E-state index in [0.29, 0.717) is 5.82 Å². The van der Waals surface area contributed by atoms with E-state index in [1.165, 1.54) is 16.7 Å². The van der Waals surface area contributed by atoms with Crippen molar-refractivity contribution in [3.05, 3.63) is 46.6 Å². The number of rotatable bonds is 3. The number of carboxylic acid groups (broad SMARTS) is 1. The van der Waals surface area contributed by atoms with Crippen molar-refractivity contribution in [3.63, 3.8) is 0 Å². The van der Waals surface area contributed by atoms with Gasteiger partial charge in [-0.3, -0.25) is 19.2 Å². The fourth-order valence-corrected chi connectivity index (χ4v) is 4.66. The van der Waals surface area contributed by atoms with Crippen LogP contribution in [0.25, 0.3) is 0 Å². The first-order valence-corrected chi connectivity index (χ1v) is 9.92. The highest BCUT2D eigenvalue weighted by Crippen LogP contribution is 2.47. The van der Waals surface area contributed by atoms with Crippen LogP contribution in [0, 0.1) is 6.92 Å². The van der Waals surface area contributed by atoms with Crippen LogP contribution < -0.4 is 4.90 Å². The van der Waals surface area contributed by atoms with Gasteiger partial charge in [-0.25, -0.2) is 0 Å². The van der Waals surface area contributed by atoms with Crippen molar-refractivity contribution in [1.29, 1.82) is 0 Å². The summed E-state index contributed by atoms with van der Waals surface area (Å²) in [6.07, 6.45) is 0. The minimum absolute atomic E-state index is 0.0782. The lowest BCUT2D eigenvalue weighted by Gasteiger charge is -2.23. The van der Waals surface area contributed by atoms with Crippen molar-refractivity contribution in [2.45, 2.75) is 38.4 Å². The molecule has 0 aliphatic carbocycles. The molecule has 1 N–H and O–H groups in total. The van der Waals surface area contributed by atoms with Crippen molar-refractivity contribution in [2.24, 2.45) is 7.05 Å². The minimum atomic E-state index is -1.04. The molecule has 1 aromatic heterocycles. The normalized spacial score (nSPS) is 17.6. The highest BCUT2D eigenvalue weighted by Gasteiger charge is 2.38. The van der Waals surface area contributed by atoms with E-state index in [1.54, 1.807) is 11.7 Å². The molecule has 0 fully saturated rings. The van der Waals surface area contributed by atoms with Crippen LogP contribution in [-0.4, -0.2) is 39.1 Å². The number of aliphatic carboxylic acids is 1. The molecule has 7 heteroatoms. The van der Waals surface area contributed by atoms with E-state index in [4.69, 9.17) is 5.10 Å². The van der Waals surface area contributed by atoms with Crippen LogP contribution in [-0.2, 0) is 22.1 Å². The van der Waals surface area contributed by atoms with Gasteiger partial charge in [0.25, 0.3) is 0 Å². The number of anilines is 1. The van der Waals surface area contributed by atoms with E-state index < -0.39 is 5.97 Å². The van der Waals surface area contributed by atoms with Gasteiger partial charge in [0.05, 0.1) is 16.7 Å². The maximum Gasteiger partial charge on any atom is 0.323 e. The number of carbonyl (C=O) groups excluding carboxylic acids is 1. The molecule has 0 spiro atoms. The third kappa shape index (κ3) is 3.74. The third-order valence-corrected chi connectivity index (χ3v) is 5.85. The molecular formula is C20H25N3O3S. The van der Waals surface area contributed by atoms with Crippen LogP contribution in [0.1, 0.15) is 48.4 Å². The number of benzene rings is 1. The highest BCUT2D eigenvalue weighted by molar-refractivity contribution is 8.00. The summed E-state index contributed by atoms with van der Waals surface area (Å²) in [6, 6.07) is 8.24. The lowest BCUT2D eigenvalue weighted by Crippen LogP contribution is -2.37. The number of nitrogens with zero attached hydrogens (tertiary/aromatic N) is 3. The van der Waals surface area contributed by atoms with Crippen molar-refractivity contribution in [2.75, 3.05) is 17.2 Å². The second-order valence-electron chi connectivity index (χ2n) is 7.94. The molecule has 0 radical (unpaired) electrons. The maximum atomic E-state index is 12.8. The average Bonchev–Trinajstić information content (AvgIpc) is 2.83. The summed E-state index contributed by atoms with van der Waals surface area (Å²) in [5.41, 5.74) is 3.84. The molecule has 2 heterocycles. The van der Waals surface area contributed by atoms with Gasteiger partial charge in [0.1, 0.15) is 12.4 Å². The number of carboxylic acids is 1. The molecule has 1 aromatic carbocycles. The Bertz CT molecular complexity index is 898. The van der Waals surface area contributed by atoms with Gasteiger partial charge in [-0.05, 0) is 12.5 Å². The van der Waals surface area contributed by atoms with Crippen LogP contribution in [0.15, 0.2) is 24.3 Å². The smallest absolute Gasteiger partial charge is 0.323 e. The highest BCUT2D eigenvalue weighted by atomic mass is 32.2. The number of fused-ring (bicyclic) bond motifs is 1. The molecule has 3 rings (SSSR count). The fraction of sp³-hybridized carbons (Fsp3) is 0.450. The fourth-order valence-electron chi connectivity index (χ4n) is 3.48. The zero-order chi connectivity index (χ0) is 19.9. The SMILES string of the molecule is Cc1cccc([C@@H]2SCC(=O)N(CC(=O)O)c3c2c(C(C)(C)C)nn3C)c1. The maximum absolute atomic E-state index is 12.8. The van der Waals surface area contributed by atoms with Gasteiger partial charge in [0.2, 0.25) is 5.91 Å². The summed E-state index contributed by atoms with van der Waals surface area (Å²) < 4.78 is 1.66. The molecule has 0 bridgehead atoms. The summed E-state index contributed by atoms with van der Waals surface area (Å²) in [5, 5.41) is 14.0. The first kappa shape index (κ1) is 19.5. The van der Waals surface area contributed by atoms with E-state index in [2.05, 4.69) is 32.9 Å². The van der Waals surface area contributed by atoms with E-state index in [9.17, 15) is 14.7 Å². The Labute approximate surface area is 163 Å². The Morgan fingerprint density at radius 1 is 1.37 bits per heavy atom. The zero-order valence-corrected chi connectivity index (χ0v) is 17.1. The minimum Gasteiger partial charge on any atom is -0.480 e. The van der Waals surface area contributed by atoms with Crippen LogP contribution in [0.4, 0.5) is 5.82 Å². The molecule has 1 aliphatic rings. The standard InChI is InChI=1S/C20H25N3O3S/c1-12-7-6-8-13(9-12)17-16-18(20(2,3)4)21-22(5)19(16)23(10-15(25)26)14(24)11-27-17/h6-9,17H,10-11H2,1-5H3,(H,25,26)/t17-/m0/s1. The molecule has 1 aliphatic heterocycles. The first-order valence-electron chi connectivity index (χ1n) is 8.87. The van der Waals surface area contributed by atoms with Gasteiger partial charge in [-0.1, -0.05) is 50.6 Å². The Kier molecular flexibility index (Phi) is 5.08. The zero-order valence-electron chi connectivity index (χ0n) is 16.3. The molecular weight excluding hydrogens is 362 g/mol. The topological polar surface area (TPSA) is 75.4 Å². The summed E-state index contributed by atoms with van der Waals surface area (Å²) in [5.74, 6) is -0.428. The molecule has 144 valence electrons. The third-order valence-electron chi connectivity index (χ3n) is 4.59. The Hall–Kier alpha value is -2.28. The predicted octanol–water partition coefficient (Wildman–Crippen LogP) is 3.28. The van der Waals surface area contributed by atoms with Crippen LogP contribution in [0.3, 0.4) is 0 Å². The number of hydrogen-bond donors (Lipinski definition) is 1. The van der Waals surface area contributed by atoms with Gasteiger partial charge < -0.3 is 5.11 Å². The van der Waals surface area contributed by atoms with Crippen LogP contribution >= 0.6 is 11.8 Å². The number of aryl methyl sites for hydroxylation is 2. The molecule has 27 heavy (non-hydrogen) atoms. The summed E-state index contributed by atoms with van der Waals surface area (Å²) in [6.45, 7) is 7.93. The predicted molar refractivity (Wildman–Crippen MR) is 107 cm³/mol. The molecule has 0 saturated carbocycles. The van der Waals surface area contributed by atoms with Gasteiger partial charge >= 0.3 is 5.97 Å². The first-order chi connectivity index (χ1) is 12.6. The van der Waals surface area contributed by atoms with Gasteiger partial charge in [0.15, 0.2) is 0 Å². The molecule has 1 amide bonds. The number of aromatic nitrogens is 2. The van der Waals surface area contributed by atoms with Crippen molar-refractivity contribution in [3.8, 4) is 0 Å². The van der Waals surface area contributed by atoms with Gasteiger partial charge in [-0.2, -0.15) is 5.10 Å². The van der Waals surface area contributed by atoms with Crippen LogP contribution in [0.2, 0.25) is 0 Å². The Balaban J connectivity index is 2.28. The van der Waals surface area contributed by atoms with Gasteiger partial charge in [0, 0.05) is 18.0 Å². The average molecular weight is 388 g/mol. The van der Waals surface area contributed by atoms with Crippen molar-refractivity contribution < 1.29 is 14.7 Å². The second-order valence-corrected chi connectivity index (χ2v) is 9.03. The lowest BCUT2D eigenvalue weighted by atomic mass is 9.87. The second kappa shape index (κ2) is 7.03. The summed E-state index contributed by atoms with van der Waals surface area (Å²) >= 11 is 1.53. The van der Waals surface area contributed by atoms with E-state index in [1.807, 2.05) is 19.1 Å². The van der Waals surface area contributed by atoms with Crippen LogP contribution in [0.5, 0.6) is 0 Å². The number of carbonyl (C=O) groups is 2. The number of hydrogen-bond acceptors (Lipinski definition) is 4. The van der Waals surface area contributed by atoms with Crippen molar-refractivity contribution in [1.82, 2.24) is 9.78 Å². The molecule has 1 atom stereocenters. The molecule has 0 saturated heterocycles. The molecule has 0 unspecified atom stereocenters. The van der Waals surface area contributed by atoms with Crippen molar-refractivity contribution >= 4 is 29.5 Å². The van der Waals surface area contributed by atoms with E-state index >= 15 is 0 Å². The Morgan fingerprint density at radius 3 is 2.67 bits per heavy atom. The monoisotopic (exact) mass is 387 g/mol. The molecule has 6 nitrogen and oxygen atoms in total.